The molecule has 1 saturated heterocycles. The van der Waals surface area contributed by atoms with Crippen molar-refractivity contribution in [1.82, 2.24) is 4.98 Å². The molecule has 1 amide bonds. The zero-order valence-corrected chi connectivity index (χ0v) is 17.4. The van der Waals surface area contributed by atoms with Crippen molar-refractivity contribution in [3.8, 4) is 0 Å². The van der Waals surface area contributed by atoms with Gasteiger partial charge < -0.3 is 4.74 Å². The molecular formula is C20H17Cl2FN2O2S. The maximum Gasteiger partial charge on any atom is 0.261 e. The summed E-state index contributed by atoms with van der Waals surface area (Å²) in [6.07, 6.45) is 1.74. The second-order valence-electron chi connectivity index (χ2n) is 6.71. The van der Waals surface area contributed by atoms with Gasteiger partial charge in [0, 0.05) is 6.61 Å². The highest BCUT2D eigenvalue weighted by molar-refractivity contribution is 7.23. The number of carbonyl (C=O) groups is 1. The van der Waals surface area contributed by atoms with Crippen LogP contribution in [0.25, 0.3) is 10.2 Å². The van der Waals surface area contributed by atoms with Crippen LogP contribution in [0.4, 0.5) is 9.52 Å². The van der Waals surface area contributed by atoms with E-state index in [1.54, 1.807) is 4.90 Å². The minimum absolute atomic E-state index is 0.0673. The van der Waals surface area contributed by atoms with Crippen LogP contribution in [0.1, 0.15) is 28.8 Å². The van der Waals surface area contributed by atoms with E-state index in [-0.39, 0.29) is 22.6 Å². The summed E-state index contributed by atoms with van der Waals surface area (Å²) in [7, 11) is 0. The quantitative estimate of drug-likeness (QED) is 0.510. The molecule has 0 N–H and O–H groups in total. The standard InChI is InChI=1S/C20H17Cl2FN2O2S/c1-11-4-7-15(21)18-17(11)24-20(28-18)25(10-13-3-2-8-27-13)19(26)14-6-5-12(23)9-16(14)22/h4-7,9,13H,2-3,8,10H2,1H3. The maximum absolute atomic E-state index is 13.4. The average Bonchev–Trinajstić information content (AvgIpc) is 3.32. The number of fused-ring (bicyclic) bond motifs is 1. The normalized spacial score (nSPS) is 16.6. The Hall–Kier alpha value is -1.73. The number of benzene rings is 2. The Kier molecular flexibility index (Phi) is 5.56. The molecule has 0 saturated carbocycles. The number of hydrogen-bond acceptors (Lipinski definition) is 4. The molecule has 1 fully saturated rings. The van der Waals surface area contributed by atoms with Crippen LogP contribution in [0.5, 0.6) is 0 Å². The van der Waals surface area contributed by atoms with E-state index < -0.39 is 5.82 Å². The molecule has 3 aromatic rings. The van der Waals surface area contributed by atoms with E-state index >= 15 is 0 Å². The summed E-state index contributed by atoms with van der Waals surface area (Å²) in [5.74, 6) is -0.831. The lowest BCUT2D eigenvalue weighted by atomic mass is 10.1. The van der Waals surface area contributed by atoms with E-state index in [0.717, 1.165) is 34.7 Å². The first kappa shape index (κ1) is 19.6. The fourth-order valence-electron chi connectivity index (χ4n) is 3.25. The summed E-state index contributed by atoms with van der Waals surface area (Å²) in [6, 6.07) is 7.48. The monoisotopic (exact) mass is 438 g/mol. The highest BCUT2D eigenvalue weighted by atomic mass is 35.5. The van der Waals surface area contributed by atoms with Gasteiger partial charge >= 0.3 is 0 Å². The van der Waals surface area contributed by atoms with Crippen LogP contribution < -0.4 is 4.90 Å². The lowest BCUT2D eigenvalue weighted by molar-refractivity contribution is 0.0917. The van der Waals surface area contributed by atoms with Crippen molar-refractivity contribution in [3.63, 3.8) is 0 Å². The summed E-state index contributed by atoms with van der Waals surface area (Å²) in [5.41, 5.74) is 1.97. The molecule has 2 aromatic carbocycles. The average molecular weight is 439 g/mol. The third-order valence-electron chi connectivity index (χ3n) is 4.73. The van der Waals surface area contributed by atoms with Crippen LogP contribution in [-0.4, -0.2) is 30.1 Å². The molecule has 1 aliphatic rings. The Labute approximate surface area is 175 Å². The van der Waals surface area contributed by atoms with Crippen molar-refractivity contribution in [2.75, 3.05) is 18.1 Å². The largest absolute Gasteiger partial charge is 0.376 e. The third-order valence-corrected chi connectivity index (χ3v) is 6.59. The smallest absolute Gasteiger partial charge is 0.261 e. The second kappa shape index (κ2) is 7.95. The minimum atomic E-state index is -0.491. The molecule has 0 spiro atoms. The molecule has 2 heterocycles. The maximum atomic E-state index is 13.4. The summed E-state index contributed by atoms with van der Waals surface area (Å²) in [5, 5.41) is 1.18. The van der Waals surface area contributed by atoms with Crippen LogP contribution in [0, 0.1) is 12.7 Å². The van der Waals surface area contributed by atoms with Crippen LogP contribution in [0.2, 0.25) is 10.0 Å². The van der Waals surface area contributed by atoms with Crippen molar-refractivity contribution < 1.29 is 13.9 Å². The van der Waals surface area contributed by atoms with E-state index in [0.29, 0.717) is 23.3 Å². The molecule has 0 bridgehead atoms. The summed E-state index contributed by atoms with van der Waals surface area (Å²) < 4.78 is 20.0. The predicted octanol–water partition coefficient (Wildman–Crippen LogP) is 5.88. The molecule has 4 nitrogen and oxygen atoms in total. The lowest BCUT2D eigenvalue weighted by Gasteiger charge is -2.23. The SMILES string of the molecule is Cc1ccc(Cl)c2sc(N(CC3CCCO3)C(=O)c3ccc(F)cc3Cl)nc12. The van der Waals surface area contributed by atoms with Gasteiger partial charge in [0.05, 0.1) is 38.5 Å². The number of aryl methyl sites for hydroxylation is 1. The number of halogens is 3. The zero-order valence-electron chi connectivity index (χ0n) is 15.0. The van der Waals surface area contributed by atoms with Crippen LogP contribution in [0.15, 0.2) is 30.3 Å². The van der Waals surface area contributed by atoms with E-state index in [1.807, 2.05) is 19.1 Å². The van der Waals surface area contributed by atoms with Gasteiger partial charge in [-0.2, -0.15) is 0 Å². The molecule has 1 aromatic heterocycles. The van der Waals surface area contributed by atoms with Gasteiger partial charge in [-0.25, -0.2) is 9.37 Å². The fraction of sp³-hybridized carbons (Fsp3) is 0.300. The Balaban J connectivity index is 1.78. The number of carbonyl (C=O) groups excluding carboxylic acids is 1. The van der Waals surface area contributed by atoms with Crippen LogP contribution in [0.3, 0.4) is 0 Å². The van der Waals surface area contributed by atoms with Crippen LogP contribution >= 0.6 is 34.5 Å². The number of ether oxygens (including phenoxy) is 1. The number of anilines is 1. The highest BCUT2D eigenvalue weighted by Gasteiger charge is 2.28. The van der Waals surface area contributed by atoms with Gasteiger partial charge in [-0.1, -0.05) is 40.6 Å². The topological polar surface area (TPSA) is 42.4 Å². The fourth-order valence-corrected chi connectivity index (χ4v) is 4.83. The van der Waals surface area contributed by atoms with Crippen molar-refractivity contribution >= 4 is 55.8 Å². The molecule has 1 atom stereocenters. The number of rotatable bonds is 4. The van der Waals surface area contributed by atoms with Gasteiger partial charge in [0.1, 0.15) is 5.82 Å². The van der Waals surface area contributed by atoms with Gasteiger partial charge in [0.2, 0.25) is 0 Å². The first-order chi connectivity index (χ1) is 13.4. The number of aromatic nitrogens is 1. The minimum Gasteiger partial charge on any atom is -0.376 e. The van der Waals surface area contributed by atoms with E-state index in [2.05, 4.69) is 4.98 Å². The molecule has 8 heteroatoms. The van der Waals surface area contributed by atoms with Gasteiger partial charge in [-0.3, -0.25) is 9.69 Å². The molecular weight excluding hydrogens is 422 g/mol. The van der Waals surface area contributed by atoms with Crippen molar-refractivity contribution in [1.29, 1.82) is 0 Å². The predicted molar refractivity (Wildman–Crippen MR) is 111 cm³/mol. The number of nitrogens with zero attached hydrogens (tertiary/aromatic N) is 2. The summed E-state index contributed by atoms with van der Waals surface area (Å²) in [4.78, 5) is 19.5. The molecule has 1 unspecified atom stereocenters. The highest BCUT2D eigenvalue weighted by Crippen LogP contribution is 2.37. The Morgan fingerprint density at radius 3 is 2.82 bits per heavy atom. The van der Waals surface area contributed by atoms with Crippen molar-refractivity contribution in [2.45, 2.75) is 25.9 Å². The third kappa shape index (κ3) is 3.74. The molecule has 0 radical (unpaired) electrons. The Morgan fingerprint density at radius 2 is 2.14 bits per heavy atom. The van der Waals surface area contributed by atoms with Crippen molar-refractivity contribution in [3.05, 3.63) is 57.3 Å². The summed E-state index contributed by atoms with van der Waals surface area (Å²) >= 11 is 13.8. The molecule has 1 aliphatic heterocycles. The van der Waals surface area contributed by atoms with Crippen LogP contribution in [-0.2, 0) is 4.74 Å². The molecule has 4 rings (SSSR count). The van der Waals surface area contributed by atoms with E-state index in [9.17, 15) is 9.18 Å². The molecule has 146 valence electrons. The number of amides is 1. The summed E-state index contributed by atoms with van der Waals surface area (Å²) in [6.45, 7) is 2.98. The molecule has 28 heavy (non-hydrogen) atoms. The van der Waals surface area contributed by atoms with Crippen molar-refractivity contribution in [2.24, 2.45) is 0 Å². The lowest BCUT2D eigenvalue weighted by Crippen LogP contribution is -2.37. The zero-order chi connectivity index (χ0) is 19.8. The first-order valence-corrected chi connectivity index (χ1v) is 10.5. The van der Waals surface area contributed by atoms with Gasteiger partial charge in [-0.15, -0.1) is 0 Å². The molecule has 0 aliphatic carbocycles. The first-order valence-electron chi connectivity index (χ1n) is 8.88. The number of thiazole rings is 1. The second-order valence-corrected chi connectivity index (χ2v) is 8.51. The van der Waals surface area contributed by atoms with E-state index in [1.165, 1.54) is 23.5 Å². The van der Waals surface area contributed by atoms with E-state index in [4.69, 9.17) is 27.9 Å². The van der Waals surface area contributed by atoms with Gasteiger partial charge in [-0.05, 0) is 49.6 Å². The van der Waals surface area contributed by atoms with Gasteiger partial charge in [0.25, 0.3) is 5.91 Å². The van der Waals surface area contributed by atoms with Gasteiger partial charge in [0.15, 0.2) is 5.13 Å². The number of hydrogen-bond donors (Lipinski definition) is 0. The Bertz CT molecular complexity index is 1010. The Morgan fingerprint density at radius 1 is 1.32 bits per heavy atom.